The van der Waals surface area contributed by atoms with Crippen molar-refractivity contribution < 1.29 is 13.9 Å². The van der Waals surface area contributed by atoms with E-state index < -0.39 is 5.82 Å². The van der Waals surface area contributed by atoms with Gasteiger partial charge in [0, 0.05) is 18.2 Å². The van der Waals surface area contributed by atoms with Crippen LogP contribution in [-0.2, 0) is 6.61 Å². The quantitative estimate of drug-likeness (QED) is 0.507. The maximum atomic E-state index is 14.3. The SMILES string of the molecule is COc1ccccc1-c1ccc(F)c(OCc2c(C)cccc2N(C)N)c1. The molecule has 0 heterocycles. The van der Waals surface area contributed by atoms with E-state index in [0.29, 0.717) is 0 Å². The van der Waals surface area contributed by atoms with Crippen LogP contribution >= 0.6 is 0 Å². The van der Waals surface area contributed by atoms with Gasteiger partial charge in [-0.05, 0) is 42.3 Å². The summed E-state index contributed by atoms with van der Waals surface area (Å²) in [6.45, 7) is 2.20. The minimum Gasteiger partial charge on any atom is -0.496 e. The van der Waals surface area contributed by atoms with Crippen molar-refractivity contribution in [2.24, 2.45) is 5.84 Å². The standard InChI is InChI=1S/C22H23FN2O2/c1-15-7-6-9-20(25(2)24)18(15)14-27-22-13-16(11-12-19(22)23)17-8-4-5-10-21(17)26-3/h4-13H,14,24H2,1-3H3. The second kappa shape index (κ2) is 8.10. The lowest BCUT2D eigenvalue weighted by molar-refractivity contribution is 0.290. The fraction of sp³-hybridized carbons (Fsp3) is 0.182. The average molecular weight is 366 g/mol. The largest absolute Gasteiger partial charge is 0.496 e. The predicted octanol–water partition coefficient (Wildman–Crippen LogP) is 4.70. The van der Waals surface area contributed by atoms with Crippen LogP contribution in [0, 0.1) is 12.7 Å². The van der Waals surface area contributed by atoms with Crippen molar-refractivity contribution in [3.63, 3.8) is 0 Å². The highest BCUT2D eigenvalue weighted by molar-refractivity contribution is 5.71. The van der Waals surface area contributed by atoms with Crippen molar-refractivity contribution in [1.82, 2.24) is 0 Å². The van der Waals surface area contributed by atoms with Crippen molar-refractivity contribution in [2.75, 3.05) is 19.2 Å². The van der Waals surface area contributed by atoms with Crippen LogP contribution in [0.25, 0.3) is 11.1 Å². The van der Waals surface area contributed by atoms with Crippen LogP contribution in [0.3, 0.4) is 0 Å². The molecule has 3 aromatic rings. The van der Waals surface area contributed by atoms with E-state index in [1.54, 1.807) is 26.3 Å². The fourth-order valence-corrected chi connectivity index (χ4v) is 3.02. The summed E-state index contributed by atoms with van der Waals surface area (Å²) >= 11 is 0. The second-order valence-electron chi connectivity index (χ2n) is 6.32. The van der Waals surface area contributed by atoms with Gasteiger partial charge < -0.3 is 14.5 Å². The lowest BCUT2D eigenvalue weighted by Crippen LogP contribution is -2.26. The molecule has 0 saturated carbocycles. The van der Waals surface area contributed by atoms with Crippen LogP contribution in [-0.4, -0.2) is 14.2 Å². The minimum absolute atomic E-state index is 0.187. The molecule has 0 aliphatic carbocycles. The zero-order valence-corrected chi connectivity index (χ0v) is 15.7. The molecule has 0 aliphatic rings. The first-order chi connectivity index (χ1) is 13.0. The molecule has 0 radical (unpaired) electrons. The molecule has 5 heteroatoms. The van der Waals surface area contributed by atoms with Gasteiger partial charge in [0.15, 0.2) is 11.6 Å². The van der Waals surface area contributed by atoms with E-state index in [9.17, 15) is 4.39 Å². The van der Waals surface area contributed by atoms with Crippen LogP contribution < -0.4 is 20.3 Å². The van der Waals surface area contributed by atoms with Crippen LogP contribution in [0.2, 0.25) is 0 Å². The monoisotopic (exact) mass is 366 g/mol. The normalized spacial score (nSPS) is 10.6. The summed E-state index contributed by atoms with van der Waals surface area (Å²) in [5.41, 5.74) is 4.50. The molecular formula is C22H23FN2O2. The number of halogens is 1. The number of aryl methyl sites for hydroxylation is 1. The van der Waals surface area contributed by atoms with Gasteiger partial charge in [-0.15, -0.1) is 0 Å². The number of nitrogens with zero attached hydrogens (tertiary/aromatic N) is 1. The third-order valence-electron chi connectivity index (χ3n) is 4.49. The summed E-state index contributed by atoms with van der Waals surface area (Å²) in [5.74, 6) is 6.40. The molecule has 0 spiro atoms. The molecule has 140 valence electrons. The summed E-state index contributed by atoms with van der Waals surface area (Å²) in [7, 11) is 3.38. The molecule has 3 aromatic carbocycles. The molecule has 0 unspecified atom stereocenters. The Bertz CT molecular complexity index is 941. The van der Waals surface area contributed by atoms with E-state index >= 15 is 0 Å². The van der Waals surface area contributed by atoms with Crippen molar-refractivity contribution >= 4 is 5.69 Å². The molecule has 0 bridgehead atoms. The van der Waals surface area contributed by atoms with Gasteiger partial charge in [0.2, 0.25) is 0 Å². The average Bonchev–Trinajstić information content (AvgIpc) is 2.67. The molecule has 0 atom stereocenters. The molecule has 27 heavy (non-hydrogen) atoms. The highest BCUT2D eigenvalue weighted by atomic mass is 19.1. The minimum atomic E-state index is -0.412. The first kappa shape index (κ1) is 18.7. The van der Waals surface area contributed by atoms with E-state index in [-0.39, 0.29) is 12.4 Å². The lowest BCUT2D eigenvalue weighted by Gasteiger charge is -2.19. The van der Waals surface area contributed by atoms with E-state index in [0.717, 1.165) is 33.7 Å². The van der Waals surface area contributed by atoms with Crippen LogP contribution in [0.15, 0.2) is 60.7 Å². The summed E-state index contributed by atoms with van der Waals surface area (Å²) in [6.07, 6.45) is 0. The Morgan fingerprint density at radius 3 is 2.52 bits per heavy atom. The summed E-state index contributed by atoms with van der Waals surface area (Å²) in [4.78, 5) is 0. The Morgan fingerprint density at radius 1 is 1.00 bits per heavy atom. The highest BCUT2D eigenvalue weighted by Gasteiger charge is 2.13. The van der Waals surface area contributed by atoms with Crippen molar-refractivity contribution in [3.8, 4) is 22.6 Å². The maximum Gasteiger partial charge on any atom is 0.165 e. The van der Waals surface area contributed by atoms with Gasteiger partial charge in [0.25, 0.3) is 0 Å². The number of rotatable bonds is 6. The second-order valence-corrected chi connectivity index (χ2v) is 6.32. The number of methoxy groups -OCH3 is 1. The maximum absolute atomic E-state index is 14.3. The van der Waals surface area contributed by atoms with Crippen LogP contribution in [0.5, 0.6) is 11.5 Å². The molecule has 0 saturated heterocycles. The van der Waals surface area contributed by atoms with E-state index in [1.807, 2.05) is 49.4 Å². The van der Waals surface area contributed by atoms with Crippen LogP contribution in [0.4, 0.5) is 10.1 Å². The molecule has 4 nitrogen and oxygen atoms in total. The smallest absolute Gasteiger partial charge is 0.165 e. The third kappa shape index (κ3) is 4.04. The molecule has 0 amide bonds. The van der Waals surface area contributed by atoms with Gasteiger partial charge in [-0.1, -0.05) is 36.4 Å². The number of hydrazine groups is 1. The zero-order chi connectivity index (χ0) is 19.4. The zero-order valence-electron chi connectivity index (χ0n) is 15.7. The molecular weight excluding hydrogens is 343 g/mol. The predicted molar refractivity (Wildman–Crippen MR) is 106 cm³/mol. The number of hydrogen-bond acceptors (Lipinski definition) is 4. The van der Waals surface area contributed by atoms with E-state index in [1.165, 1.54) is 11.1 Å². The van der Waals surface area contributed by atoms with E-state index in [4.69, 9.17) is 15.3 Å². The van der Waals surface area contributed by atoms with Gasteiger partial charge in [-0.25, -0.2) is 10.2 Å². The number of para-hydroxylation sites is 1. The van der Waals surface area contributed by atoms with Crippen molar-refractivity contribution in [3.05, 3.63) is 77.6 Å². The summed E-state index contributed by atoms with van der Waals surface area (Å²) < 4.78 is 25.6. The Balaban J connectivity index is 1.91. The fourth-order valence-electron chi connectivity index (χ4n) is 3.02. The Morgan fingerprint density at radius 2 is 1.78 bits per heavy atom. The van der Waals surface area contributed by atoms with Gasteiger partial charge >= 0.3 is 0 Å². The molecule has 0 aliphatic heterocycles. The van der Waals surface area contributed by atoms with Crippen molar-refractivity contribution in [1.29, 1.82) is 0 Å². The number of hydrogen-bond donors (Lipinski definition) is 1. The summed E-state index contributed by atoms with van der Waals surface area (Å²) in [6, 6.07) is 18.2. The lowest BCUT2D eigenvalue weighted by atomic mass is 10.0. The Kier molecular flexibility index (Phi) is 5.62. The highest BCUT2D eigenvalue weighted by Crippen LogP contribution is 2.33. The molecule has 0 aromatic heterocycles. The van der Waals surface area contributed by atoms with Gasteiger partial charge in [0.1, 0.15) is 12.4 Å². The van der Waals surface area contributed by atoms with Gasteiger partial charge in [-0.3, -0.25) is 0 Å². The number of nitrogens with two attached hydrogens (primary N) is 1. The molecule has 2 N–H and O–H groups in total. The van der Waals surface area contributed by atoms with Crippen LogP contribution in [0.1, 0.15) is 11.1 Å². The first-order valence-electron chi connectivity index (χ1n) is 8.64. The Hall–Kier alpha value is -3.05. The third-order valence-corrected chi connectivity index (χ3v) is 4.49. The van der Waals surface area contributed by atoms with E-state index in [2.05, 4.69) is 0 Å². The first-order valence-corrected chi connectivity index (χ1v) is 8.64. The number of anilines is 1. The van der Waals surface area contributed by atoms with Crippen molar-refractivity contribution in [2.45, 2.75) is 13.5 Å². The summed E-state index contributed by atoms with van der Waals surface area (Å²) in [5, 5.41) is 1.54. The Labute approximate surface area is 158 Å². The number of benzene rings is 3. The molecule has 0 fully saturated rings. The number of ether oxygens (including phenoxy) is 2. The molecule has 3 rings (SSSR count). The topological polar surface area (TPSA) is 47.7 Å². The van der Waals surface area contributed by atoms with Gasteiger partial charge in [0.05, 0.1) is 12.8 Å². The van der Waals surface area contributed by atoms with Gasteiger partial charge in [-0.2, -0.15) is 0 Å².